The van der Waals surface area contributed by atoms with Gasteiger partial charge in [0.05, 0.1) is 13.2 Å². The summed E-state index contributed by atoms with van der Waals surface area (Å²) in [6, 6.07) is 7.50. The molecule has 1 aromatic rings. The van der Waals surface area contributed by atoms with Gasteiger partial charge in [0, 0.05) is 0 Å². The van der Waals surface area contributed by atoms with Crippen LogP contribution in [0.1, 0.15) is 31.4 Å². The fourth-order valence-electron chi connectivity index (χ4n) is 1.59. The maximum atomic E-state index is 9.99. The van der Waals surface area contributed by atoms with Crippen LogP contribution in [0, 0.1) is 0 Å². The third kappa shape index (κ3) is 4.45. The molecule has 1 aromatic carbocycles. The van der Waals surface area contributed by atoms with Crippen molar-refractivity contribution in [3.63, 3.8) is 0 Å². The zero-order valence-corrected chi connectivity index (χ0v) is 10.5. The summed E-state index contributed by atoms with van der Waals surface area (Å²) >= 11 is 0. The summed E-state index contributed by atoms with van der Waals surface area (Å²) in [7, 11) is 1.63. The molecule has 1 atom stereocenters. The molecule has 0 aliphatic rings. The number of hydrogen-bond donors (Lipinski definition) is 1. The lowest BCUT2D eigenvalue weighted by Gasteiger charge is -2.09. The second-order valence-electron chi connectivity index (χ2n) is 4.07. The molecule has 0 aliphatic heterocycles. The summed E-state index contributed by atoms with van der Waals surface area (Å²) in [6.07, 6.45) is 4.96. The van der Waals surface area contributed by atoms with E-state index < -0.39 is 6.10 Å². The van der Waals surface area contributed by atoms with Crippen molar-refractivity contribution in [2.45, 2.75) is 25.9 Å². The summed E-state index contributed by atoms with van der Waals surface area (Å²) in [5, 5.41) is 9.99. The SMILES string of the molecule is C=CC/C(C)=C/C[C@@H](O)c1ccc(OC)cc1. The van der Waals surface area contributed by atoms with Gasteiger partial charge >= 0.3 is 0 Å². The van der Waals surface area contributed by atoms with Crippen LogP contribution in [0.2, 0.25) is 0 Å². The molecule has 17 heavy (non-hydrogen) atoms. The average Bonchev–Trinajstić information content (AvgIpc) is 2.36. The molecule has 0 saturated carbocycles. The maximum Gasteiger partial charge on any atom is 0.118 e. The molecule has 92 valence electrons. The average molecular weight is 232 g/mol. The van der Waals surface area contributed by atoms with Crippen LogP contribution in [0.25, 0.3) is 0 Å². The minimum Gasteiger partial charge on any atom is -0.497 e. The van der Waals surface area contributed by atoms with E-state index in [-0.39, 0.29) is 0 Å². The number of aliphatic hydroxyl groups is 1. The quantitative estimate of drug-likeness (QED) is 0.759. The Bertz CT molecular complexity index is 376. The summed E-state index contributed by atoms with van der Waals surface area (Å²) in [5.41, 5.74) is 2.14. The third-order valence-electron chi connectivity index (χ3n) is 2.66. The van der Waals surface area contributed by atoms with Crippen LogP contribution in [0.3, 0.4) is 0 Å². The highest BCUT2D eigenvalue weighted by atomic mass is 16.5. The third-order valence-corrected chi connectivity index (χ3v) is 2.66. The molecule has 2 heteroatoms. The van der Waals surface area contributed by atoms with Gasteiger partial charge < -0.3 is 9.84 Å². The number of rotatable bonds is 6. The van der Waals surface area contributed by atoms with E-state index in [4.69, 9.17) is 4.74 Å². The predicted octanol–water partition coefficient (Wildman–Crippen LogP) is 3.64. The van der Waals surface area contributed by atoms with Crippen LogP contribution < -0.4 is 4.74 Å². The van der Waals surface area contributed by atoms with Crippen molar-refractivity contribution in [2.24, 2.45) is 0 Å². The van der Waals surface area contributed by atoms with Gasteiger partial charge in [0.1, 0.15) is 5.75 Å². The molecule has 0 radical (unpaired) electrons. The topological polar surface area (TPSA) is 29.5 Å². The van der Waals surface area contributed by atoms with Gasteiger partial charge in [-0.2, -0.15) is 0 Å². The van der Waals surface area contributed by atoms with Gasteiger partial charge in [0.2, 0.25) is 0 Å². The lowest BCUT2D eigenvalue weighted by Crippen LogP contribution is -1.96. The Balaban J connectivity index is 2.59. The van der Waals surface area contributed by atoms with Crippen LogP contribution in [-0.4, -0.2) is 12.2 Å². The highest BCUT2D eigenvalue weighted by Crippen LogP contribution is 2.21. The van der Waals surface area contributed by atoms with E-state index in [1.54, 1.807) is 7.11 Å². The van der Waals surface area contributed by atoms with E-state index in [1.165, 1.54) is 5.57 Å². The van der Waals surface area contributed by atoms with E-state index in [0.717, 1.165) is 17.7 Å². The first kappa shape index (κ1) is 13.5. The first-order chi connectivity index (χ1) is 8.17. The number of hydrogen-bond acceptors (Lipinski definition) is 2. The van der Waals surface area contributed by atoms with Crippen LogP contribution in [-0.2, 0) is 0 Å². The first-order valence-corrected chi connectivity index (χ1v) is 5.76. The molecular weight excluding hydrogens is 212 g/mol. The minimum atomic E-state index is -0.458. The van der Waals surface area contributed by atoms with Crippen molar-refractivity contribution in [3.8, 4) is 5.75 Å². The van der Waals surface area contributed by atoms with Crippen LogP contribution >= 0.6 is 0 Å². The highest BCUT2D eigenvalue weighted by molar-refractivity contribution is 5.28. The van der Waals surface area contributed by atoms with Gasteiger partial charge in [-0.15, -0.1) is 6.58 Å². The Morgan fingerprint density at radius 2 is 2.06 bits per heavy atom. The van der Waals surface area contributed by atoms with Gasteiger partial charge in [-0.1, -0.05) is 29.9 Å². The molecule has 0 bridgehead atoms. The molecular formula is C15H20O2. The number of allylic oxidation sites excluding steroid dienone is 2. The van der Waals surface area contributed by atoms with E-state index in [2.05, 4.69) is 12.7 Å². The Morgan fingerprint density at radius 1 is 1.41 bits per heavy atom. The van der Waals surface area contributed by atoms with Crippen molar-refractivity contribution in [1.29, 1.82) is 0 Å². The minimum absolute atomic E-state index is 0.458. The van der Waals surface area contributed by atoms with Gasteiger partial charge in [0.15, 0.2) is 0 Å². The van der Waals surface area contributed by atoms with E-state index >= 15 is 0 Å². The van der Waals surface area contributed by atoms with E-state index in [9.17, 15) is 5.11 Å². The second-order valence-corrected chi connectivity index (χ2v) is 4.07. The van der Waals surface area contributed by atoms with Crippen LogP contribution in [0.15, 0.2) is 48.6 Å². The van der Waals surface area contributed by atoms with Crippen molar-refractivity contribution in [1.82, 2.24) is 0 Å². The normalized spacial score (nSPS) is 13.2. The van der Waals surface area contributed by atoms with E-state index in [1.807, 2.05) is 37.3 Å². The summed E-state index contributed by atoms with van der Waals surface area (Å²) in [5.74, 6) is 0.805. The molecule has 0 saturated heterocycles. The maximum absolute atomic E-state index is 9.99. The van der Waals surface area contributed by atoms with Crippen molar-refractivity contribution in [3.05, 3.63) is 54.1 Å². The zero-order valence-electron chi connectivity index (χ0n) is 10.5. The molecule has 0 aromatic heterocycles. The largest absolute Gasteiger partial charge is 0.497 e. The summed E-state index contributed by atoms with van der Waals surface area (Å²) in [4.78, 5) is 0. The molecule has 2 nitrogen and oxygen atoms in total. The molecule has 0 fully saturated rings. The van der Waals surface area contributed by atoms with Crippen molar-refractivity contribution < 1.29 is 9.84 Å². The van der Waals surface area contributed by atoms with Gasteiger partial charge in [0.25, 0.3) is 0 Å². The van der Waals surface area contributed by atoms with Crippen LogP contribution in [0.5, 0.6) is 5.75 Å². The predicted molar refractivity (Wildman–Crippen MR) is 71.1 cm³/mol. The zero-order chi connectivity index (χ0) is 12.7. The number of methoxy groups -OCH3 is 1. The van der Waals surface area contributed by atoms with Gasteiger partial charge in [-0.05, 0) is 37.5 Å². The Labute approximate surface area is 103 Å². The lowest BCUT2D eigenvalue weighted by atomic mass is 10.0. The highest BCUT2D eigenvalue weighted by Gasteiger charge is 2.05. The number of benzene rings is 1. The second kappa shape index (κ2) is 6.92. The molecule has 0 spiro atoms. The Hall–Kier alpha value is -1.54. The Morgan fingerprint density at radius 3 is 2.59 bits per heavy atom. The monoisotopic (exact) mass is 232 g/mol. The fraction of sp³-hybridized carbons (Fsp3) is 0.333. The van der Waals surface area contributed by atoms with Gasteiger partial charge in [-0.25, -0.2) is 0 Å². The van der Waals surface area contributed by atoms with Crippen molar-refractivity contribution in [2.75, 3.05) is 7.11 Å². The first-order valence-electron chi connectivity index (χ1n) is 5.76. The lowest BCUT2D eigenvalue weighted by molar-refractivity contribution is 0.181. The fourth-order valence-corrected chi connectivity index (χ4v) is 1.59. The molecule has 1 rings (SSSR count). The number of aliphatic hydroxyl groups excluding tert-OH is 1. The van der Waals surface area contributed by atoms with Crippen molar-refractivity contribution >= 4 is 0 Å². The molecule has 1 N–H and O–H groups in total. The number of ether oxygens (including phenoxy) is 1. The van der Waals surface area contributed by atoms with E-state index in [0.29, 0.717) is 6.42 Å². The molecule has 0 aliphatic carbocycles. The summed E-state index contributed by atoms with van der Waals surface area (Å²) < 4.78 is 5.07. The Kier molecular flexibility index (Phi) is 5.50. The standard InChI is InChI=1S/C15H20O2/c1-4-5-12(2)6-11-15(16)13-7-9-14(17-3)10-8-13/h4,6-10,15-16H,1,5,11H2,2-3H3/b12-6+/t15-/m1/s1. The molecule has 0 unspecified atom stereocenters. The molecule has 0 amide bonds. The molecule has 0 heterocycles. The smallest absolute Gasteiger partial charge is 0.118 e. The van der Waals surface area contributed by atoms with Gasteiger partial charge in [-0.3, -0.25) is 0 Å². The van der Waals surface area contributed by atoms with Crippen LogP contribution in [0.4, 0.5) is 0 Å². The summed E-state index contributed by atoms with van der Waals surface area (Å²) in [6.45, 7) is 5.73.